The van der Waals surface area contributed by atoms with Crippen molar-refractivity contribution in [2.75, 3.05) is 0 Å². The van der Waals surface area contributed by atoms with Crippen LogP contribution in [0.2, 0.25) is 0 Å². The Morgan fingerprint density at radius 2 is 1.33 bits per heavy atom. The van der Waals surface area contributed by atoms with Crippen molar-refractivity contribution in [2.24, 2.45) is 0 Å². The molecule has 0 saturated carbocycles. The monoisotopic (exact) mass is 246 g/mol. The van der Waals surface area contributed by atoms with E-state index >= 15 is 0 Å². The van der Waals surface area contributed by atoms with Crippen LogP contribution in [-0.2, 0) is 26.5 Å². The third-order valence-electron chi connectivity index (χ3n) is 0. The van der Waals surface area contributed by atoms with E-state index in [1.54, 1.807) is 0 Å². The molecule has 0 aliphatic heterocycles. The van der Waals surface area contributed by atoms with Gasteiger partial charge in [0.05, 0.1) is 0 Å². The van der Waals surface area contributed by atoms with Crippen LogP contribution in [0.15, 0.2) is 0 Å². The molecule has 0 saturated heterocycles. The molecule has 0 aromatic heterocycles. The summed E-state index contributed by atoms with van der Waals surface area (Å²) in [4.78, 5) is 9.44. The van der Waals surface area contributed by atoms with Gasteiger partial charge in [-0.15, -0.1) is 0 Å². The van der Waals surface area contributed by atoms with Crippen molar-refractivity contribution in [1.29, 1.82) is 0 Å². The Labute approximate surface area is 93.2 Å². The van der Waals surface area contributed by atoms with Gasteiger partial charge in [0, 0.05) is 21.7 Å². The van der Waals surface area contributed by atoms with Gasteiger partial charge in [-0.3, -0.25) is 0 Å². The molecule has 0 aliphatic rings. The summed E-state index contributed by atoms with van der Waals surface area (Å²) in [6.07, 6.45) is 0. The third-order valence-corrected chi connectivity index (χ3v) is 0. The zero-order chi connectivity index (χ0) is 3.58. The summed E-state index contributed by atoms with van der Waals surface area (Å²) >= 11 is 0. The molecule has 32 valence electrons. The van der Waals surface area contributed by atoms with Crippen LogP contribution in [0.3, 0.4) is 0 Å². The summed E-state index contributed by atoms with van der Waals surface area (Å²) in [7, 11) is 0. The van der Waals surface area contributed by atoms with Crippen molar-refractivity contribution in [3.05, 3.63) is 0 Å². The summed E-state index contributed by atoms with van der Waals surface area (Å²) in [5.41, 5.74) is 0. The molecule has 3 heteroatoms. The van der Waals surface area contributed by atoms with Gasteiger partial charge < -0.3 is 4.79 Å². The molecule has 1 nitrogen and oxygen atoms in total. The Morgan fingerprint density at radius 1 is 1.33 bits per heavy atom. The van der Waals surface area contributed by atoms with Crippen LogP contribution >= 0.6 is 0 Å². The van der Waals surface area contributed by atoms with E-state index in [2.05, 4.69) is 0 Å². The molecule has 0 spiro atoms. The Hall–Kier alpha value is 1.96. The van der Waals surface area contributed by atoms with Crippen molar-refractivity contribution in [3.8, 4) is 0 Å². The van der Waals surface area contributed by atoms with E-state index in [4.69, 9.17) is 0 Å². The van der Waals surface area contributed by atoms with Crippen LogP contribution in [0.5, 0.6) is 0 Å². The van der Waals surface area contributed by atoms with E-state index in [1.807, 2.05) is 0 Å². The molecule has 0 N–H and O–H groups in total. The third kappa shape index (κ3) is 38.2. The minimum Gasteiger partial charge on any atom is 0 e. The minimum absolute atomic E-state index is 0. The first-order valence-electron chi connectivity index (χ1n) is 1.20. The van der Waals surface area contributed by atoms with Crippen molar-refractivity contribution in [3.63, 3.8) is 0 Å². The van der Waals surface area contributed by atoms with Crippen LogP contribution in [0.25, 0.3) is 0 Å². The van der Waals surface area contributed by atoms with Gasteiger partial charge in [-0.05, 0) is 13.8 Å². The van der Waals surface area contributed by atoms with Gasteiger partial charge in [0.25, 0.3) is 0 Å². The number of hydrogen-bond acceptors (Lipinski definition) is 1. The zero-order valence-electron chi connectivity index (χ0n) is 3.41. The van der Waals surface area contributed by atoms with Crippen LogP contribution in [0, 0.1) is 0 Å². The SMILES string of the molecule is CC(C)=O.[BaH2].[Ti]. The Balaban J connectivity index is -0.0000000450. The van der Waals surface area contributed by atoms with Crippen LogP contribution in [0.1, 0.15) is 13.8 Å². The molecule has 0 bridgehead atoms. The fourth-order valence-corrected chi connectivity index (χ4v) is 0. The Morgan fingerprint density at radius 3 is 1.33 bits per heavy atom. The fourth-order valence-electron chi connectivity index (χ4n) is 0. The number of carbonyl (C=O) groups is 1. The quantitative estimate of drug-likeness (QED) is 0.534. The number of ketones is 1. The maximum atomic E-state index is 9.44. The average molecular weight is 245 g/mol. The van der Waals surface area contributed by atoms with Gasteiger partial charge >= 0.3 is 48.9 Å². The predicted octanol–water partition coefficient (Wildman–Crippen LogP) is -0.323. The van der Waals surface area contributed by atoms with Crippen molar-refractivity contribution in [1.82, 2.24) is 0 Å². The fraction of sp³-hybridized carbons (Fsp3) is 0.667. The first-order chi connectivity index (χ1) is 1.73. The molecule has 0 radical (unpaired) electrons. The summed E-state index contributed by atoms with van der Waals surface area (Å²) < 4.78 is 0. The second-order valence-electron chi connectivity index (χ2n) is 0.908. The van der Waals surface area contributed by atoms with Gasteiger partial charge in [-0.2, -0.15) is 0 Å². The van der Waals surface area contributed by atoms with Crippen molar-refractivity contribution < 1.29 is 26.5 Å². The molecule has 0 atom stereocenters. The number of rotatable bonds is 0. The first kappa shape index (κ1) is 15.7. The van der Waals surface area contributed by atoms with E-state index in [-0.39, 0.29) is 76.4 Å². The van der Waals surface area contributed by atoms with Gasteiger partial charge in [0.1, 0.15) is 5.78 Å². The predicted molar refractivity (Wildman–Crippen MR) is 24.9 cm³/mol. The normalized spacial score (nSPS) is 4.33. The Bertz CT molecular complexity index is 33.8. The summed E-state index contributed by atoms with van der Waals surface area (Å²) in [5, 5.41) is 0. The molecule has 0 unspecified atom stereocenters. The van der Waals surface area contributed by atoms with Gasteiger partial charge in [0.2, 0.25) is 0 Å². The molecule has 0 fully saturated rings. The van der Waals surface area contributed by atoms with Crippen molar-refractivity contribution >= 4 is 54.7 Å². The molecule has 0 aromatic carbocycles. The summed E-state index contributed by atoms with van der Waals surface area (Å²) in [6.45, 7) is 3.06. The summed E-state index contributed by atoms with van der Waals surface area (Å²) in [5.74, 6) is 0.167. The van der Waals surface area contributed by atoms with E-state index in [1.165, 1.54) is 13.8 Å². The summed E-state index contributed by atoms with van der Waals surface area (Å²) in [6, 6.07) is 0. The number of Topliss-reactive ketones (excluding diaryl/α,β-unsaturated/α-hetero) is 1. The minimum atomic E-state index is 0. The Kier molecular flexibility index (Phi) is 26.2. The first-order valence-corrected chi connectivity index (χ1v) is 1.20. The zero-order valence-corrected chi connectivity index (χ0v) is 4.97. The van der Waals surface area contributed by atoms with Crippen molar-refractivity contribution in [2.45, 2.75) is 13.8 Å². The molecular formula is C3H8BaOTi. The van der Waals surface area contributed by atoms with E-state index in [0.717, 1.165) is 0 Å². The topological polar surface area (TPSA) is 17.1 Å². The van der Waals surface area contributed by atoms with Gasteiger partial charge in [0.15, 0.2) is 0 Å². The molecule has 0 aliphatic carbocycles. The maximum absolute atomic E-state index is 9.44. The molecular weight excluding hydrogens is 237 g/mol. The molecule has 0 aromatic rings. The van der Waals surface area contributed by atoms with Gasteiger partial charge in [-0.25, -0.2) is 0 Å². The van der Waals surface area contributed by atoms with Crippen LogP contribution in [0.4, 0.5) is 0 Å². The molecule has 0 amide bonds. The standard InChI is InChI=1S/C3H6O.Ba.Ti.2H/c1-3(2)4;;;;/h1-2H3;;;;. The van der Waals surface area contributed by atoms with Gasteiger partial charge in [-0.1, -0.05) is 0 Å². The van der Waals surface area contributed by atoms with E-state index in [9.17, 15) is 4.79 Å². The molecule has 0 rings (SSSR count). The second-order valence-corrected chi connectivity index (χ2v) is 0.908. The molecule has 0 heterocycles. The van der Waals surface area contributed by atoms with E-state index < -0.39 is 0 Å². The second kappa shape index (κ2) is 10.0. The average Bonchev–Trinajstić information content (AvgIpc) is 0.811. The van der Waals surface area contributed by atoms with E-state index in [0.29, 0.717) is 0 Å². The van der Waals surface area contributed by atoms with Crippen LogP contribution < -0.4 is 0 Å². The van der Waals surface area contributed by atoms with Crippen LogP contribution in [-0.4, -0.2) is 54.7 Å². The molecule has 6 heavy (non-hydrogen) atoms. The smallest absolute Gasteiger partial charge is 0 e. The number of carbonyl (C=O) groups excluding carboxylic acids is 1. The maximum Gasteiger partial charge on any atom is 0 e. The largest absolute Gasteiger partial charge is 0 e. The number of hydrogen-bond donors (Lipinski definition) is 0.